The summed E-state index contributed by atoms with van der Waals surface area (Å²) in [5, 5.41) is 1.35. The number of anilines is 2. The van der Waals surface area contributed by atoms with Gasteiger partial charge in [-0.2, -0.15) is 26.3 Å². The molecule has 0 unspecified atom stereocenters. The Morgan fingerprint density at radius 2 is 1.66 bits per heavy atom. The predicted molar refractivity (Wildman–Crippen MR) is 117 cm³/mol. The van der Waals surface area contributed by atoms with Crippen molar-refractivity contribution in [3.8, 4) is 0 Å². The fraction of sp³-hybridized carbons (Fsp3) is 0.417. The molecule has 3 heterocycles. The largest absolute Gasteiger partial charge is 0.418 e. The van der Waals surface area contributed by atoms with Gasteiger partial charge in [-0.3, -0.25) is 9.59 Å². The molecule has 0 spiro atoms. The number of H-pyrrole nitrogens is 1. The van der Waals surface area contributed by atoms with Crippen LogP contribution >= 0.6 is 0 Å². The molecule has 2 fully saturated rings. The van der Waals surface area contributed by atoms with Crippen molar-refractivity contribution in [1.82, 2.24) is 4.98 Å². The molecule has 2 saturated heterocycles. The maximum atomic E-state index is 13.9. The number of alkyl halides is 6. The number of fused-ring (bicyclic) bond motifs is 3. The van der Waals surface area contributed by atoms with Crippen LogP contribution in [-0.4, -0.2) is 29.2 Å². The first-order chi connectivity index (χ1) is 16.4. The molecule has 1 amide bonds. The van der Waals surface area contributed by atoms with Gasteiger partial charge in [0.1, 0.15) is 5.56 Å². The number of rotatable bonds is 3. The SMILES string of the molecule is O=C(Nc1ccc(N2C3CCC2CC3)cc1C(F)(F)F)c1c[nH]c2c(c1=O)=C(C(F)(F)F)CCC=2. The van der Waals surface area contributed by atoms with Crippen LogP contribution in [0.25, 0.3) is 11.6 Å². The molecule has 11 heteroatoms. The van der Waals surface area contributed by atoms with Crippen LogP contribution in [0.2, 0.25) is 0 Å². The van der Waals surface area contributed by atoms with Crippen LogP contribution in [0.15, 0.2) is 29.2 Å². The maximum absolute atomic E-state index is 13.9. The second-order valence-electron chi connectivity index (χ2n) is 9.09. The molecule has 1 aromatic carbocycles. The topological polar surface area (TPSA) is 65.2 Å². The van der Waals surface area contributed by atoms with E-state index in [4.69, 9.17) is 0 Å². The Hall–Kier alpha value is -3.24. The van der Waals surface area contributed by atoms with Gasteiger partial charge in [-0.05, 0) is 56.7 Å². The Kier molecular flexibility index (Phi) is 5.48. The molecular weight excluding hydrogens is 476 g/mol. The zero-order valence-electron chi connectivity index (χ0n) is 18.3. The van der Waals surface area contributed by atoms with Crippen LogP contribution in [0, 0.1) is 0 Å². The summed E-state index contributed by atoms with van der Waals surface area (Å²) in [7, 11) is 0. The molecule has 2 aromatic rings. The standard InChI is InChI=1S/C24H21F6N3O2/c25-23(26,27)16-2-1-3-19-20(16)21(34)15(11-31-19)22(35)32-18-9-8-14(10-17(18)24(28,29)30)33-12-4-5-13(33)7-6-12/h3,8-13,31H,1-2,4-7H2,(H,32,35). The second-order valence-corrected chi connectivity index (χ2v) is 9.09. The molecule has 0 radical (unpaired) electrons. The lowest BCUT2D eigenvalue weighted by atomic mass is 10.00. The Morgan fingerprint density at radius 3 is 2.26 bits per heavy atom. The minimum atomic E-state index is -4.80. The highest BCUT2D eigenvalue weighted by molar-refractivity contribution is 6.04. The first-order valence-corrected chi connectivity index (χ1v) is 11.3. The van der Waals surface area contributed by atoms with Crippen LogP contribution in [0.3, 0.4) is 0 Å². The van der Waals surface area contributed by atoms with Crippen molar-refractivity contribution in [2.24, 2.45) is 0 Å². The van der Waals surface area contributed by atoms with E-state index < -0.39 is 57.7 Å². The number of halogens is 6. The predicted octanol–water partition coefficient (Wildman–Crippen LogP) is 4.06. The number of carbonyl (C=O) groups excluding carboxylic acids is 1. The lowest BCUT2D eigenvalue weighted by Crippen LogP contribution is -2.49. The molecule has 1 aliphatic carbocycles. The highest BCUT2D eigenvalue weighted by Gasteiger charge is 2.41. The number of carbonyl (C=O) groups is 1. The first kappa shape index (κ1) is 23.5. The van der Waals surface area contributed by atoms with E-state index in [1.54, 1.807) is 0 Å². The molecule has 0 atom stereocenters. The summed E-state index contributed by atoms with van der Waals surface area (Å²) in [6.45, 7) is 0. The number of hydrogen-bond donors (Lipinski definition) is 2. The van der Waals surface area contributed by atoms with Crippen LogP contribution < -0.4 is 26.2 Å². The van der Waals surface area contributed by atoms with Gasteiger partial charge in [0.15, 0.2) is 0 Å². The quantitative estimate of drug-likeness (QED) is 0.629. The van der Waals surface area contributed by atoms with Crippen LogP contribution in [0.5, 0.6) is 0 Å². The number of aromatic amines is 1. The van der Waals surface area contributed by atoms with Gasteiger partial charge in [-0.25, -0.2) is 0 Å². The zero-order chi connectivity index (χ0) is 25.1. The highest BCUT2D eigenvalue weighted by Crippen LogP contribution is 2.44. The third-order valence-electron chi connectivity index (χ3n) is 7.05. The number of nitrogens with one attached hydrogen (secondary N) is 2. The summed E-state index contributed by atoms with van der Waals surface area (Å²) in [6, 6.07) is 3.97. The van der Waals surface area contributed by atoms with Gasteiger partial charge in [-0.15, -0.1) is 0 Å². The van der Waals surface area contributed by atoms with Crippen LogP contribution in [-0.2, 0) is 6.18 Å². The summed E-state index contributed by atoms with van der Waals surface area (Å²) >= 11 is 0. The Bertz CT molecular complexity index is 1360. The normalized spacial score (nSPS) is 21.7. The van der Waals surface area contributed by atoms with Gasteiger partial charge in [0.05, 0.1) is 16.5 Å². The van der Waals surface area contributed by atoms with E-state index in [0.717, 1.165) is 44.0 Å². The highest BCUT2D eigenvalue weighted by atomic mass is 19.4. The van der Waals surface area contributed by atoms with E-state index >= 15 is 0 Å². The monoisotopic (exact) mass is 497 g/mol. The third kappa shape index (κ3) is 4.10. The van der Waals surface area contributed by atoms with E-state index in [-0.39, 0.29) is 23.9 Å². The molecule has 186 valence electrons. The molecule has 2 N–H and O–H groups in total. The Balaban J connectivity index is 1.53. The summed E-state index contributed by atoms with van der Waals surface area (Å²) in [4.78, 5) is 30.1. The van der Waals surface area contributed by atoms with Gasteiger partial charge in [0.25, 0.3) is 5.91 Å². The van der Waals surface area contributed by atoms with Crippen molar-refractivity contribution in [2.45, 2.75) is 63.0 Å². The number of nitrogens with zero attached hydrogens (tertiary/aromatic N) is 1. The molecule has 1 aromatic heterocycles. The molecule has 35 heavy (non-hydrogen) atoms. The van der Waals surface area contributed by atoms with Crippen LogP contribution in [0.1, 0.15) is 54.4 Å². The molecule has 3 aliphatic rings. The Labute approximate surface area is 195 Å². The minimum Gasteiger partial charge on any atom is -0.366 e. The van der Waals surface area contributed by atoms with Gasteiger partial charge in [0.2, 0.25) is 5.43 Å². The molecule has 2 aliphatic heterocycles. The van der Waals surface area contributed by atoms with Gasteiger partial charge in [-0.1, -0.05) is 6.08 Å². The molecule has 5 rings (SSSR count). The number of aromatic nitrogens is 1. The zero-order valence-corrected chi connectivity index (χ0v) is 18.3. The van der Waals surface area contributed by atoms with Crippen molar-refractivity contribution in [2.75, 3.05) is 10.2 Å². The molecular formula is C24H21F6N3O2. The average Bonchev–Trinajstić information content (AvgIpc) is 3.38. The second kappa shape index (κ2) is 8.17. The Morgan fingerprint density at radius 1 is 1.00 bits per heavy atom. The summed E-state index contributed by atoms with van der Waals surface area (Å²) in [5.74, 6) is -1.22. The van der Waals surface area contributed by atoms with E-state index in [1.807, 2.05) is 4.90 Å². The summed E-state index contributed by atoms with van der Waals surface area (Å²) in [5.41, 5.74) is -4.19. The molecule has 5 nitrogen and oxygen atoms in total. The number of amides is 1. The number of hydrogen-bond acceptors (Lipinski definition) is 3. The summed E-state index contributed by atoms with van der Waals surface area (Å²) in [6.07, 6.45) is -3.94. The molecule has 2 bridgehead atoms. The van der Waals surface area contributed by atoms with E-state index in [1.165, 1.54) is 12.1 Å². The molecule has 0 saturated carbocycles. The van der Waals surface area contributed by atoms with Crippen molar-refractivity contribution in [3.05, 3.63) is 56.3 Å². The van der Waals surface area contributed by atoms with E-state index in [9.17, 15) is 35.9 Å². The van der Waals surface area contributed by atoms with Gasteiger partial charge in [0, 0.05) is 34.9 Å². The van der Waals surface area contributed by atoms with Crippen LogP contribution in [0.4, 0.5) is 37.7 Å². The fourth-order valence-corrected chi connectivity index (χ4v) is 5.50. The third-order valence-corrected chi connectivity index (χ3v) is 7.05. The van der Waals surface area contributed by atoms with Crippen molar-refractivity contribution in [3.63, 3.8) is 0 Å². The van der Waals surface area contributed by atoms with Gasteiger partial charge < -0.3 is 15.2 Å². The van der Waals surface area contributed by atoms with Crippen molar-refractivity contribution >= 4 is 28.9 Å². The average molecular weight is 497 g/mol. The summed E-state index contributed by atoms with van der Waals surface area (Å²) < 4.78 is 82.1. The van der Waals surface area contributed by atoms with Crippen molar-refractivity contribution in [1.29, 1.82) is 0 Å². The van der Waals surface area contributed by atoms with Gasteiger partial charge >= 0.3 is 12.4 Å². The number of benzene rings is 1. The fourth-order valence-electron chi connectivity index (χ4n) is 5.50. The first-order valence-electron chi connectivity index (χ1n) is 11.3. The van der Waals surface area contributed by atoms with E-state index in [0.29, 0.717) is 5.69 Å². The number of pyridine rings is 1. The maximum Gasteiger partial charge on any atom is 0.418 e. The smallest absolute Gasteiger partial charge is 0.366 e. The lowest BCUT2D eigenvalue weighted by Gasteiger charge is -2.26. The minimum absolute atomic E-state index is 0.0589. The van der Waals surface area contributed by atoms with Crippen molar-refractivity contribution < 1.29 is 31.1 Å². The van der Waals surface area contributed by atoms with E-state index in [2.05, 4.69) is 10.3 Å². The lowest BCUT2D eigenvalue weighted by molar-refractivity contribution is -0.136.